The molecule has 0 aromatic heterocycles. The summed E-state index contributed by atoms with van der Waals surface area (Å²) in [5, 5.41) is 0. The van der Waals surface area contributed by atoms with Crippen LogP contribution < -0.4 is 15.2 Å². The Morgan fingerprint density at radius 1 is 1.00 bits per heavy atom. The molecule has 3 nitrogen and oxygen atoms in total. The predicted octanol–water partition coefficient (Wildman–Crippen LogP) is 4.23. The van der Waals surface area contributed by atoms with Gasteiger partial charge in [-0.3, -0.25) is 0 Å². The van der Waals surface area contributed by atoms with Gasteiger partial charge in [0.1, 0.15) is 17.3 Å². The van der Waals surface area contributed by atoms with Crippen molar-refractivity contribution in [3.63, 3.8) is 0 Å². The van der Waals surface area contributed by atoms with Gasteiger partial charge in [0.05, 0.1) is 18.4 Å². The summed E-state index contributed by atoms with van der Waals surface area (Å²) in [6.45, 7) is 0. The van der Waals surface area contributed by atoms with E-state index in [4.69, 9.17) is 15.2 Å². The van der Waals surface area contributed by atoms with Gasteiger partial charge in [0, 0.05) is 6.07 Å². The van der Waals surface area contributed by atoms with Crippen molar-refractivity contribution in [3.8, 4) is 17.2 Å². The largest absolute Gasteiger partial charge is 0.497 e. The fourth-order valence-corrected chi connectivity index (χ4v) is 1.64. The van der Waals surface area contributed by atoms with Gasteiger partial charge in [-0.05, 0) is 30.3 Å². The average molecular weight is 301 g/mol. The van der Waals surface area contributed by atoms with E-state index in [0.29, 0.717) is 17.9 Å². The van der Waals surface area contributed by atoms with E-state index in [1.165, 1.54) is 19.2 Å². The zero-order valence-electron chi connectivity index (χ0n) is 10.9. The number of rotatable bonds is 3. The van der Waals surface area contributed by atoms with E-state index in [1.54, 1.807) is 6.07 Å². The molecule has 0 atom stereocenters. The van der Waals surface area contributed by atoms with Crippen molar-refractivity contribution < 1.29 is 27.0 Å². The van der Waals surface area contributed by atoms with Crippen molar-refractivity contribution in [1.82, 2.24) is 0 Å². The third kappa shape index (κ3) is 3.36. The van der Waals surface area contributed by atoms with Crippen molar-refractivity contribution in [2.45, 2.75) is 6.18 Å². The Bertz CT molecular complexity index is 656. The lowest BCUT2D eigenvalue weighted by atomic mass is 10.2. The predicted molar refractivity (Wildman–Crippen MR) is 68.9 cm³/mol. The SMILES string of the molecule is COc1ccc(N)c(Oc2ccc(F)c(C(F)(F)F)c2)c1. The van der Waals surface area contributed by atoms with Gasteiger partial charge in [-0.25, -0.2) is 4.39 Å². The van der Waals surface area contributed by atoms with Crippen LogP contribution in [0.1, 0.15) is 5.56 Å². The summed E-state index contributed by atoms with van der Waals surface area (Å²) in [6.07, 6.45) is -4.80. The second-order valence-electron chi connectivity index (χ2n) is 4.15. The lowest BCUT2D eigenvalue weighted by Gasteiger charge is -2.13. The van der Waals surface area contributed by atoms with E-state index in [0.717, 1.165) is 6.07 Å². The number of benzene rings is 2. The van der Waals surface area contributed by atoms with E-state index in [9.17, 15) is 17.6 Å². The van der Waals surface area contributed by atoms with Crippen LogP contribution in [0.4, 0.5) is 23.2 Å². The third-order valence-corrected chi connectivity index (χ3v) is 2.69. The van der Waals surface area contributed by atoms with Gasteiger partial charge < -0.3 is 15.2 Å². The summed E-state index contributed by atoms with van der Waals surface area (Å²) in [5.74, 6) is -0.997. The maximum absolute atomic E-state index is 13.2. The molecule has 7 heteroatoms. The van der Waals surface area contributed by atoms with E-state index < -0.39 is 17.6 Å². The number of ether oxygens (including phenoxy) is 2. The first kappa shape index (κ1) is 15.0. The molecule has 0 heterocycles. The minimum atomic E-state index is -4.80. The van der Waals surface area contributed by atoms with Gasteiger partial charge in [0.15, 0.2) is 5.75 Å². The van der Waals surface area contributed by atoms with Gasteiger partial charge >= 0.3 is 6.18 Å². The summed E-state index contributed by atoms with van der Waals surface area (Å²) >= 11 is 0. The van der Waals surface area contributed by atoms with Gasteiger partial charge in [0.25, 0.3) is 0 Å². The Morgan fingerprint density at radius 3 is 2.29 bits per heavy atom. The molecule has 0 spiro atoms. The van der Waals surface area contributed by atoms with Crippen molar-refractivity contribution in [2.75, 3.05) is 12.8 Å². The molecule has 0 unspecified atom stereocenters. The van der Waals surface area contributed by atoms with Crippen LogP contribution in [-0.2, 0) is 6.18 Å². The third-order valence-electron chi connectivity index (χ3n) is 2.69. The van der Waals surface area contributed by atoms with Gasteiger partial charge in [0.2, 0.25) is 0 Å². The van der Waals surface area contributed by atoms with Crippen LogP contribution in [-0.4, -0.2) is 7.11 Å². The molecule has 0 aliphatic heterocycles. The lowest BCUT2D eigenvalue weighted by molar-refractivity contribution is -0.140. The number of nitrogens with two attached hydrogens (primary N) is 1. The van der Waals surface area contributed by atoms with Crippen LogP contribution >= 0.6 is 0 Å². The molecule has 0 saturated heterocycles. The fourth-order valence-electron chi connectivity index (χ4n) is 1.64. The number of alkyl halides is 3. The Hall–Kier alpha value is -2.44. The van der Waals surface area contributed by atoms with Crippen LogP contribution in [0.15, 0.2) is 36.4 Å². The Kier molecular flexibility index (Phi) is 3.93. The molecule has 2 rings (SSSR count). The molecular formula is C14H11F4NO2. The van der Waals surface area contributed by atoms with E-state index in [1.807, 2.05) is 0 Å². The second-order valence-corrected chi connectivity index (χ2v) is 4.15. The highest BCUT2D eigenvalue weighted by atomic mass is 19.4. The first-order valence-corrected chi connectivity index (χ1v) is 5.79. The molecular weight excluding hydrogens is 290 g/mol. The Balaban J connectivity index is 2.36. The second kappa shape index (κ2) is 5.51. The maximum Gasteiger partial charge on any atom is 0.419 e. The molecule has 0 amide bonds. The Morgan fingerprint density at radius 2 is 1.67 bits per heavy atom. The zero-order valence-corrected chi connectivity index (χ0v) is 10.9. The van der Waals surface area contributed by atoms with Crippen LogP contribution in [0.5, 0.6) is 17.2 Å². The van der Waals surface area contributed by atoms with Gasteiger partial charge in [-0.15, -0.1) is 0 Å². The van der Waals surface area contributed by atoms with E-state index in [-0.39, 0.29) is 17.2 Å². The summed E-state index contributed by atoms with van der Waals surface area (Å²) in [5.41, 5.74) is 4.48. The smallest absolute Gasteiger partial charge is 0.419 e. The summed E-state index contributed by atoms with van der Waals surface area (Å²) in [7, 11) is 1.43. The topological polar surface area (TPSA) is 44.5 Å². The van der Waals surface area contributed by atoms with Crippen LogP contribution in [0, 0.1) is 5.82 Å². The lowest BCUT2D eigenvalue weighted by Crippen LogP contribution is -2.08. The standard InChI is InChI=1S/C14H11F4NO2/c1-20-8-3-5-12(19)13(7-8)21-9-2-4-11(15)10(6-9)14(16,17)18/h2-7H,19H2,1H3. The molecule has 21 heavy (non-hydrogen) atoms. The van der Waals surface area contributed by atoms with Crippen molar-refractivity contribution in [3.05, 3.63) is 47.8 Å². The van der Waals surface area contributed by atoms with Gasteiger partial charge in [-0.2, -0.15) is 13.2 Å². The molecule has 0 aliphatic rings. The highest BCUT2D eigenvalue weighted by Crippen LogP contribution is 2.36. The van der Waals surface area contributed by atoms with Crippen LogP contribution in [0.2, 0.25) is 0 Å². The highest BCUT2D eigenvalue weighted by Gasteiger charge is 2.34. The first-order valence-electron chi connectivity index (χ1n) is 5.79. The molecule has 2 N–H and O–H groups in total. The quantitative estimate of drug-likeness (QED) is 0.681. The molecule has 2 aromatic rings. The van der Waals surface area contributed by atoms with Crippen molar-refractivity contribution >= 4 is 5.69 Å². The molecule has 2 aromatic carbocycles. The maximum atomic E-state index is 13.2. The summed E-state index contributed by atoms with van der Waals surface area (Å²) in [6, 6.07) is 6.84. The van der Waals surface area contributed by atoms with Gasteiger partial charge in [-0.1, -0.05) is 0 Å². The molecule has 0 fully saturated rings. The number of halogens is 4. The fraction of sp³-hybridized carbons (Fsp3) is 0.143. The van der Waals surface area contributed by atoms with E-state index >= 15 is 0 Å². The number of hydrogen-bond donors (Lipinski definition) is 1. The van der Waals surface area contributed by atoms with Crippen molar-refractivity contribution in [2.24, 2.45) is 0 Å². The van der Waals surface area contributed by atoms with Crippen LogP contribution in [0.3, 0.4) is 0 Å². The Labute approximate surface area is 117 Å². The summed E-state index contributed by atoms with van der Waals surface area (Å²) < 4.78 is 61.3. The number of nitrogen functional groups attached to an aromatic ring is 1. The number of methoxy groups -OCH3 is 1. The molecule has 0 aliphatic carbocycles. The van der Waals surface area contributed by atoms with E-state index in [2.05, 4.69) is 0 Å². The van der Waals surface area contributed by atoms with Crippen LogP contribution in [0.25, 0.3) is 0 Å². The molecule has 112 valence electrons. The summed E-state index contributed by atoms with van der Waals surface area (Å²) in [4.78, 5) is 0. The average Bonchev–Trinajstić information content (AvgIpc) is 2.42. The minimum absolute atomic E-state index is 0.120. The zero-order chi connectivity index (χ0) is 15.6. The molecule has 0 radical (unpaired) electrons. The number of hydrogen-bond acceptors (Lipinski definition) is 3. The normalized spacial score (nSPS) is 11.3. The van der Waals surface area contributed by atoms with Crippen molar-refractivity contribution in [1.29, 1.82) is 0 Å². The molecule has 0 saturated carbocycles. The minimum Gasteiger partial charge on any atom is -0.497 e. The molecule has 0 bridgehead atoms. The number of anilines is 1. The first-order chi connectivity index (χ1) is 9.81. The highest BCUT2D eigenvalue weighted by molar-refractivity contribution is 5.57. The monoisotopic (exact) mass is 301 g/mol.